The maximum Gasteiger partial charge on any atom is 0.451 e. The third-order valence-corrected chi connectivity index (χ3v) is 8.40. The molecule has 1 N–H and O–H groups in total. The molecule has 0 amide bonds. The molecule has 15 heteroatoms. The molecule has 1 fully saturated rings. The molecule has 7 rings (SSSR count). The first-order chi connectivity index (χ1) is 23.1. The molecule has 0 saturated carbocycles. The van der Waals surface area contributed by atoms with Crippen molar-refractivity contribution >= 4 is 16.7 Å². The minimum atomic E-state index is -4.65. The topological polar surface area (TPSA) is 118 Å². The van der Waals surface area contributed by atoms with E-state index < -0.39 is 23.6 Å². The van der Waals surface area contributed by atoms with E-state index in [-0.39, 0.29) is 35.4 Å². The van der Waals surface area contributed by atoms with Crippen LogP contribution in [0.5, 0.6) is 5.75 Å². The average molecular weight is 663 g/mol. The number of benzene rings is 2. The molecule has 0 spiro atoms. The molecule has 1 saturated heterocycles. The van der Waals surface area contributed by atoms with Gasteiger partial charge in [-0.1, -0.05) is 18.2 Å². The highest BCUT2D eigenvalue weighted by Gasteiger charge is 2.35. The van der Waals surface area contributed by atoms with Gasteiger partial charge in [-0.2, -0.15) is 18.4 Å². The minimum absolute atomic E-state index is 0.00153. The monoisotopic (exact) mass is 662 g/mol. The standard InChI is InChI=1S/C33H27F5N8O2/c34-25-4-3-21(13-28(25)48-18-22-2-1-19(14-39)11-26(22)35)20-5-8-45(9-6-20)17-29-41-27-12-23(30-42-32(44-43-30)33(36,37)38)15-40-31(27)46(29)16-24-7-10-47-24/h1-5,11-13,15,24H,6-10,16-18H2,(H,42,43,44)/t24-/m0/s1. The van der Waals surface area contributed by atoms with Crippen molar-refractivity contribution in [2.75, 3.05) is 19.7 Å². The van der Waals surface area contributed by atoms with Gasteiger partial charge in [0, 0.05) is 37.0 Å². The Morgan fingerprint density at radius 2 is 1.92 bits per heavy atom. The Morgan fingerprint density at radius 1 is 1.06 bits per heavy atom. The van der Waals surface area contributed by atoms with E-state index in [1.54, 1.807) is 18.2 Å². The number of fused-ring (bicyclic) bond motifs is 1. The Hall–Kier alpha value is -5.20. The Balaban J connectivity index is 1.07. The molecule has 5 heterocycles. The number of rotatable bonds is 9. The first-order valence-corrected chi connectivity index (χ1v) is 15.1. The summed E-state index contributed by atoms with van der Waals surface area (Å²) in [5.74, 6) is -1.67. The number of halogens is 5. The van der Waals surface area contributed by atoms with E-state index in [1.807, 2.05) is 10.6 Å². The molecule has 0 bridgehead atoms. The van der Waals surface area contributed by atoms with E-state index in [2.05, 4.69) is 31.1 Å². The van der Waals surface area contributed by atoms with Crippen LogP contribution in [0.15, 0.2) is 54.7 Å². The Bertz CT molecular complexity index is 2060. The van der Waals surface area contributed by atoms with Crippen LogP contribution >= 0.6 is 0 Å². The molecule has 48 heavy (non-hydrogen) atoms. The molecule has 0 radical (unpaired) electrons. The zero-order valence-electron chi connectivity index (χ0n) is 25.3. The quantitative estimate of drug-likeness (QED) is 0.190. The van der Waals surface area contributed by atoms with E-state index in [0.29, 0.717) is 55.9 Å². The van der Waals surface area contributed by atoms with Gasteiger partial charge in [-0.05, 0) is 54.3 Å². The fraction of sp³-hybridized carbons (Fsp3) is 0.303. The minimum Gasteiger partial charge on any atom is -0.486 e. The maximum atomic E-state index is 14.6. The van der Waals surface area contributed by atoms with Gasteiger partial charge in [-0.25, -0.2) is 18.7 Å². The van der Waals surface area contributed by atoms with Crippen molar-refractivity contribution in [2.45, 2.75) is 44.8 Å². The Kier molecular flexibility index (Phi) is 8.36. The SMILES string of the molecule is N#Cc1ccc(COc2cc(C3=CCN(Cc4nc5cc(-c6nnc(C(F)(F)F)[nH]6)cnc5n4C[C@@H]4CCO4)CC3)ccc2F)c(F)c1. The first kappa shape index (κ1) is 31.4. The van der Waals surface area contributed by atoms with Crippen molar-refractivity contribution < 1.29 is 31.4 Å². The van der Waals surface area contributed by atoms with Gasteiger partial charge in [-0.3, -0.25) is 4.90 Å². The highest BCUT2D eigenvalue weighted by atomic mass is 19.4. The van der Waals surface area contributed by atoms with Crippen molar-refractivity contribution in [3.63, 3.8) is 0 Å². The number of hydrogen-bond donors (Lipinski definition) is 1. The predicted molar refractivity (Wildman–Crippen MR) is 162 cm³/mol. The molecule has 2 aliphatic rings. The summed E-state index contributed by atoms with van der Waals surface area (Å²) in [6, 6.07) is 12.2. The zero-order chi connectivity index (χ0) is 33.4. The fourth-order valence-electron chi connectivity index (χ4n) is 5.67. The fourth-order valence-corrected chi connectivity index (χ4v) is 5.67. The number of aromatic amines is 1. The van der Waals surface area contributed by atoms with Gasteiger partial charge >= 0.3 is 6.18 Å². The molecular formula is C33H27F5N8O2. The van der Waals surface area contributed by atoms with Crippen LogP contribution in [0.2, 0.25) is 0 Å². The number of alkyl halides is 3. The number of imidazole rings is 1. The van der Waals surface area contributed by atoms with E-state index in [1.165, 1.54) is 24.4 Å². The lowest BCUT2D eigenvalue weighted by molar-refractivity contribution is -0.144. The highest BCUT2D eigenvalue weighted by molar-refractivity contribution is 5.77. The highest BCUT2D eigenvalue weighted by Crippen LogP contribution is 2.31. The molecule has 0 unspecified atom stereocenters. The van der Waals surface area contributed by atoms with Gasteiger partial charge in [0.05, 0.1) is 30.8 Å². The summed E-state index contributed by atoms with van der Waals surface area (Å²) >= 11 is 0. The van der Waals surface area contributed by atoms with Crippen molar-refractivity contribution in [1.82, 2.24) is 34.6 Å². The van der Waals surface area contributed by atoms with Gasteiger partial charge in [0.25, 0.3) is 0 Å². The molecule has 3 aromatic heterocycles. The van der Waals surface area contributed by atoms with Gasteiger partial charge in [-0.15, -0.1) is 10.2 Å². The molecular weight excluding hydrogens is 635 g/mol. The first-order valence-electron chi connectivity index (χ1n) is 15.1. The molecule has 2 aliphatic heterocycles. The smallest absolute Gasteiger partial charge is 0.451 e. The van der Waals surface area contributed by atoms with Crippen LogP contribution in [-0.2, 0) is 30.6 Å². The van der Waals surface area contributed by atoms with Crippen LogP contribution in [0.25, 0.3) is 28.1 Å². The summed E-state index contributed by atoms with van der Waals surface area (Å²) in [5, 5.41) is 15.8. The van der Waals surface area contributed by atoms with E-state index in [9.17, 15) is 22.0 Å². The number of H-pyrrole nitrogens is 1. The summed E-state index contributed by atoms with van der Waals surface area (Å²) in [6.07, 6.45) is 0.436. The third-order valence-electron chi connectivity index (χ3n) is 8.40. The molecule has 246 valence electrons. The molecule has 1 atom stereocenters. The Morgan fingerprint density at radius 3 is 2.60 bits per heavy atom. The van der Waals surface area contributed by atoms with Crippen molar-refractivity contribution in [1.29, 1.82) is 5.26 Å². The lowest BCUT2D eigenvalue weighted by atomic mass is 9.99. The molecule has 0 aliphatic carbocycles. The number of pyridine rings is 1. The predicted octanol–water partition coefficient (Wildman–Crippen LogP) is 6.04. The second-order valence-corrected chi connectivity index (χ2v) is 11.6. The molecule has 5 aromatic rings. The Labute approximate surface area is 270 Å². The van der Waals surface area contributed by atoms with Crippen molar-refractivity contribution in [3.8, 4) is 23.2 Å². The zero-order valence-corrected chi connectivity index (χ0v) is 25.3. The van der Waals surface area contributed by atoms with Crippen LogP contribution in [0.1, 0.15) is 41.2 Å². The number of hydrogen-bond acceptors (Lipinski definition) is 8. The summed E-state index contributed by atoms with van der Waals surface area (Å²) in [5.41, 5.74) is 3.63. The number of ether oxygens (including phenoxy) is 2. The summed E-state index contributed by atoms with van der Waals surface area (Å²) in [4.78, 5) is 13.8. The second-order valence-electron chi connectivity index (χ2n) is 11.6. The summed E-state index contributed by atoms with van der Waals surface area (Å²) < 4.78 is 81.4. The molecule has 2 aromatic carbocycles. The maximum absolute atomic E-state index is 14.6. The average Bonchev–Trinajstić information content (AvgIpc) is 3.68. The molecule has 10 nitrogen and oxygen atoms in total. The van der Waals surface area contributed by atoms with Gasteiger partial charge in [0.1, 0.15) is 23.8 Å². The lowest BCUT2D eigenvalue weighted by Crippen LogP contribution is -2.33. The van der Waals surface area contributed by atoms with E-state index in [0.717, 1.165) is 29.4 Å². The lowest BCUT2D eigenvalue weighted by Gasteiger charge is -2.29. The van der Waals surface area contributed by atoms with E-state index in [4.69, 9.17) is 19.7 Å². The largest absolute Gasteiger partial charge is 0.486 e. The normalized spacial score (nSPS) is 16.8. The van der Waals surface area contributed by atoms with Crippen LogP contribution in [-0.4, -0.2) is 60.4 Å². The second kappa shape index (κ2) is 12.8. The van der Waals surface area contributed by atoms with E-state index >= 15 is 0 Å². The van der Waals surface area contributed by atoms with Crippen LogP contribution in [0.4, 0.5) is 22.0 Å². The number of nitrogens with zero attached hydrogens (tertiary/aromatic N) is 7. The van der Waals surface area contributed by atoms with Crippen molar-refractivity contribution in [2.24, 2.45) is 0 Å². The summed E-state index contributed by atoms with van der Waals surface area (Å²) in [6.45, 7) is 2.77. The third kappa shape index (κ3) is 6.49. The van der Waals surface area contributed by atoms with Crippen molar-refractivity contribution in [3.05, 3.63) is 94.7 Å². The van der Waals surface area contributed by atoms with Gasteiger partial charge < -0.3 is 19.0 Å². The van der Waals surface area contributed by atoms with Crippen LogP contribution < -0.4 is 4.74 Å². The van der Waals surface area contributed by atoms with Crippen LogP contribution in [0.3, 0.4) is 0 Å². The number of nitriles is 1. The number of aromatic nitrogens is 6. The van der Waals surface area contributed by atoms with Gasteiger partial charge in [0.15, 0.2) is 23.0 Å². The van der Waals surface area contributed by atoms with Crippen LogP contribution in [0, 0.1) is 23.0 Å². The van der Waals surface area contributed by atoms with Gasteiger partial charge in [0.2, 0.25) is 5.82 Å². The summed E-state index contributed by atoms with van der Waals surface area (Å²) in [7, 11) is 0. The number of nitrogens with one attached hydrogen (secondary N) is 1.